The molecule has 1 aromatic carbocycles. The van der Waals surface area contributed by atoms with Crippen molar-refractivity contribution in [2.45, 2.75) is 32.6 Å². The zero-order valence-electron chi connectivity index (χ0n) is 14.6. The van der Waals surface area contributed by atoms with Gasteiger partial charge in [-0.1, -0.05) is 41.5 Å². The smallest absolute Gasteiger partial charge is 0.325 e. The van der Waals surface area contributed by atoms with Gasteiger partial charge in [0, 0.05) is 12.5 Å². The van der Waals surface area contributed by atoms with Gasteiger partial charge in [-0.25, -0.2) is 0 Å². The molecule has 0 radical (unpaired) electrons. The topological polar surface area (TPSA) is 81.4 Å². The minimum absolute atomic E-state index is 0.00922. The van der Waals surface area contributed by atoms with Gasteiger partial charge in [-0.2, -0.15) is 0 Å². The third kappa shape index (κ3) is 3.51. The highest BCUT2D eigenvalue weighted by molar-refractivity contribution is 5.88. The molecule has 2 atom stereocenters. The average Bonchev–Trinajstić information content (AvgIpc) is 2.61. The van der Waals surface area contributed by atoms with Gasteiger partial charge in [0.1, 0.15) is 6.54 Å². The van der Waals surface area contributed by atoms with Gasteiger partial charge in [0.15, 0.2) is 0 Å². The normalized spacial score (nSPS) is 23.8. The van der Waals surface area contributed by atoms with Gasteiger partial charge in [-0.15, -0.1) is 0 Å². The Bertz CT molecular complexity index is 639. The number of nitrogens with two attached hydrogens (primary N) is 1. The fraction of sp³-hybridized carbons (Fsp3) is 0.474. The summed E-state index contributed by atoms with van der Waals surface area (Å²) in [5.74, 6) is -0.660. The highest BCUT2D eigenvalue weighted by Crippen LogP contribution is 2.48. The highest BCUT2D eigenvalue weighted by atomic mass is 16.5. The number of amides is 1. The number of carbonyl (C=O) groups excluding carboxylic acids is 2. The van der Waals surface area contributed by atoms with E-state index >= 15 is 0 Å². The summed E-state index contributed by atoms with van der Waals surface area (Å²) in [7, 11) is 1.30. The van der Waals surface area contributed by atoms with Crippen LogP contribution in [0.4, 0.5) is 0 Å². The lowest BCUT2D eigenvalue weighted by atomic mass is 9.62. The zero-order valence-corrected chi connectivity index (χ0v) is 14.6. The fourth-order valence-corrected chi connectivity index (χ4v) is 3.49. The number of hydrogen-bond donors (Lipinski definition) is 2. The minimum atomic E-state index is -0.751. The monoisotopic (exact) mass is 330 g/mol. The third-order valence-corrected chi connectivity index (χ3v) is 5.13. The van der Waals surface area contributed by atoms with Gasteiger partial charge in [0.25, 0.3) is 0 Å². The maximum Gasteiger partial charge on any atom is 0.325 e. The summed E-state index contributed by atoms with van der Waals surface area (Å²) >= 11 is 0. The summed E-state index contributed by atoms with van der Waals surface area (Å²) < 4.78 is 4.61. The lowest BCUT2D eigenvalue weighted by Crippen LogP contribution is -2.52. The molecule has 2 rings (SSSR count). The standard InChI is InChI=1S/C19H26N2O3/c1-13-9-16(15-7-5-4-6-8-15)19(12-20,10-14(13)2)18(23)21-11-17(22)24-3/h4-8,16H,9-12,20H2,1-3H3,(H,21,23)/t16-,19-/m0/s1. The Balaban J connectivity index is 2.38. The molecule has 3 N–H and O–H groups in total. The summed E-state index contributed by atoms with van der Waals surface area (Å²) in [6.07, 6.45) is 1.39. The Morgan fingerprint density at radius 2 is 1.92 bits per heavy atom. The predicted molar refractivity (Wildman–Crippen MR) is 93.3 cm³/mol. The first-order chi connectivity index (χ1) is 11.4. The van der Waals surface area contributed by atoms with Crippen LogP contribution in [0, 0.1) is 5.41 Å². The third-order valence-electron chi connectivity index (χ3n) is 5.13. The van der Waals surface area contributed by atoms with Crippen LogP contribution in [0.1, 0.15) is 38.2 Å². The Morgan fingerprint density at radius 3 is 2.50 bits per heavy atom. The van der Waals surface area contributed by atoms with Crippen LogP contribution in [0.3, 0.4) is 0 Å². The zero-order chi connectivity index (χ0) is 17.7. The maximum atomic E-state index is 13.0. The molecule has 0 bridgehead atoms. The summed E-state index contributed by atoms with van der Waals surface area (Å²) in [5, 5.41) is 2.71. The van der Waals surface area contributed by atoms with Crippen LogP contribution in [0.25, 0.3) is 0 Å². The van der Waals surface area contributed by atoms with Gasteiger partial charge < -0.3 is 15.8 Å². The quantitative estimate of drug-likeness (QED) is 0.640. The molecule has 0 fully saturated rings. The van der Waals surface area contributed by atoms with Crippen LogP contribution in [0.2, 0.25) is 0 Å². The first kappa shape index (κ1) is 18.2. The van der Waals surface area contributed by atoms with E-state index in [1.165, 1.54) is 18.3 Å². The molecule has 0 aromatic heterocycles. The number of carbonyl (C=O) groups is 2. The number of methoxy groups -OCH3 is 1. The van der Waals surface area contributed by atoms with E-state index < -0.39 is 11.4 Å². The van der Waals surface area contributed by atoms with Crippen molar-refractivity contribution in [3.63, 3.8) is 0 Å². The first-order valence-electron chi connectivity index (χ1n) is 8.20. The molecule has 1 aliphatic rings. The van der Waals surface area contributed by atoms with Crippen molar-refractivity contribution in [2.75, 3.05) is 20.2 Å². The van der Waals surface area contributed by atoms with Gasteiger partial charge >= 0.3 is 5.97 Å². The Hall–Kier alpha value is -2.14. The Labute approximate surface area is 143 Å². The second kappa shape index (κ2) is 7.62. The largest absolute Gasteiger partial charge is 0.468 e. The molecule has 24 heavy (non-hydrogen) atoms. The SMILES string of the molecule is COC(=O)CNC(=O)[C@]1(CN)CC(C)=C(C)C[C@H]1c1ccccc1. The van der Waals surface area contributed by atoms with Crippen molar-refractivity contribution < 1.29 is 14.3 Å². The summed E-state index contributed by atoms with van der Waals surface area (Å²) in [6.45, 7) is 4.25. The molecule has 130 valence electrons. The molecule has 5 nitrogen and oxygen atoms in total. The first-order valence-corrected chi connectivity index (χ1v) is 8.20. The van der Waals surface area contributed by atoms with Crippen LogP contribution in [-0.4, -0.2) is 32.1 Å². The number of rotatable bonds is 5. The molecule has 0 saturated heterocycles. The maximum absolute atomic E-state index is 13.0. The highest BCUT2D eigenvalue weighted by Gasteiger charge is 2.47. The van der Waals surface area contributed by atoms with Crippen LogP contribution in [-0.2, 0) is 14.3 Å². The molecule has 0 aliphatic heterocycles. The molecule has 0 spiro atoms. The summed E-state index contributed by atoms with van der Waals surface area (Å²) in [4.78, 5) is 24.4. The molecular weight excluding hydrogens is 304 g/mol. The number of allylic oxidation sites excluding steroid dienone is 2. The molecule has 0 heterocycles. The number of nitrogens with one attached hydrogen (secondary N) is 1. The van der Waals surface area contributed by atoms with E-state index in [-0.39, 0.29) is 24.9 Å². The van der Waals surface area contributed by atoms with E-state index in [1.807, 2.05) is 30.3 Å². The van der Waals surface area contributed by atoms with E-state index in [9.17, 15) is 9.59 Å². The number of hydrogen-bond acceptors (Lipinski definition) is 4. The molecule has 1 aliphatic carbocycles. The van der Waals surface area contributed by atoms with E-state index in [0.717, 1.165) is 12.0 Å². The molecule has 1 amide bonds. The van der Waals surface area contributed by atoms with Gasteiger partial charge in [-0.05, 0) is 32.3 Å². The van der Waals surface area contributed by atoms with Crippen LogP contribution >= 0.6 is 0 Å². The van der Waals surface area contributed by atoms with Crippen molar-refractivity contribution in [3.05, 3.63) is 47.0 Å². The second-order valence-corrected chi connectivity index (χ2v) is 6.52. The average molecular weight is 330 g/mol. The van der Waals surface area contributed by atoms with Crippen molar-refractivity contribution in [3.8, 4) is 0 Å². The molecule has 1 aromatic rings. The second-order valence-electron chi connectivity index (χ2n) is 6.52. The molecular formula is C19H26N2O3. The van der Waals surface area contributed by atoms with Crippen LogP contribution in [0.15, 0.2) is 41.5 Å². The predicted octanol–water partition coefficient (Wildman–Crippen LogP) is 2.13. The summed E-state index contributed by atoms with van der Waals surface area (Å²) in [6, 6.07) is 9.99. The van der Waals surface area contributed by atoms with E-state index in [1.54, 1.807) is 0 Å². The van der Waals surface area contributed by atoms with Crippen molar-refractivity contribution >= 4 is 11.9 Å². The minimum Gasteiger partial charge on any atom is -0.468 e. The Kier molecular flexibility index (Phi) is 5.78. The van der Waals surface area contributed by atoms with Crippen molar-refractivity contribution in [1.82, 2.24) is 5.32 Å². The molecule has 0 unspecified atom stereocenters. The molecule has 0 saturated carbocycles. The fourth-order valence-electron chi connectivity index (χ4n) is 3.49. The van der Waals surface area contributed by atoms with Crippen LogP contribution < -0.4 is 11.1 Å². The lowest BCUT2D eigenvalue weighted by molar-refractivity contribution is -0.143. The number of esters is 1. The van der Waals surface area contributed by atoms with Crippen molar-refractivity contribution in [1.29, 1.82) is 0 Å². The van der Waals surface area contributed by atoms with Gasteiger partial charge in [0.2, 0.25) is 5.91 Å². The van der Waals surface area contributed by atoms with Gasteiger partial charge in [0.05, 0.1) is 12.5 Å². The number of ether oxygens (including phenoxy) is 1. The van der Waals surface area contributed by atoms with Crippen LogP contribution in [0.5, 0.6) is 0 Å². The van der Waals surface area contributed by atoms with E-state index in [4.69, 9.17) is 5.73 Å². The number of benzene rings is 1. The van der Waals surface area contributed by atoms with E-state index in [2.05, 4.69) is 23.9 Å². The van der Waals surface area contributed by atoms with E-state index in [0.29, 0.717) is 6.42 Å². The Morgan fingerprint density at radius 1 is 1.25 bits per heavy atom. The molecule has 5 heteroatoms. The summed E-state index contributed by atoms with van der Waals surface area (Å²) in [5.41, 5.74) is 8.96. The lowest BCUT2D eigenvalue weighted by Gasteiger charge is -2.43. The van der Waals surface area contributed by atoms with Gasteiger partial charge in [-0.3, -0.25) is 9.59 Å². The van der Waals surface area contributed by atoms with Crippen molar-refractivity contribution in [2.24, 2.45) is 11.1 Å².